The lowest BCUT2D eigenvalue weighted by molar-refractivity contribution is 0.0697. The van der Waals surface area contributed by atoms with Gasteiger partial charge in [0.1, 0.15) is 0 Å². The lowest BCUT2D eigenvalue weighted by Crippen LogP contribution is -1.95. The number of hydrogen-bond acceptors (Lipinski definition) is 1. The molecule has 0 aliphatic carbocycles. The Bertz CT molecular complexity index is 254. The van der Waals surface area contributed by atoms with Crippen molar-refractivity contribution < 1.29 is 9.90 Å². The third kappa shape index (κ3) is 6.23. The van der Waals surface area contributed by atoms with E-state index in [1.54, 1.807) is 18.2 Å². The van der Waals surface area contributed by atoms with E-state index in [1.807, 2.05) is 40.7 Å². The van der Waals surface area contributed by atoms with Crippen molar-refractivity contribution in [2.45, 2.75) is 34.6 Å². The van der Waals surface area contributed by atoms with E-state index < -0.39 is 5.97 Å². The highest BCUT2D eigenvalue weighted by atomic mass is 16.4. The molecule has 1 aromatic carbocycles. The van der Waals surface area contributed by atoms with Crippen LogP contribution in [0.3, 0.4) is 0 Å². The Morgan fingerprint density at radius 2 is 1.64 bits per heavy atom. The quantitative estimate of drug-likeness (QED) is 0.742. The zero-order valence-corrected chi connectivity index (χ0v) is 9.66. The van der Waals surface area contributed by atoms with Crippen molar-refractivity contribution in [1.29, 1.82) is 0 Å². The first-order valence-electron chi connectivity index (χ1n) is 5.00. The fourth-order valence-electron chi connectivity index (χ4n) is 0.778. The van der Waals surface area contributed by atoms with Crippen molar-refractivity contribution >= 4 is 5.97 Å². The molecule has 0 aliphatic rings. The molecule has 0 aromatic heterocycles. The Hall–Kier alpha value is -1.31. The summed E-state index contributed by atoms with van der Waals surface area (Å²) in [5.74, 6) is -0.872. The fourth-order valence-corrected chi connectivity index (χ4v) is 0.778. The molecule has 0 radical (unpaired) electrons. The van der Waals surface area contributed by atoms with Gasteiger partial charge < -0.3 is 5.11 Å². The molecule has 0 spiro atoms. The van der Waals surface area contributed by atoms with Crippen LogP contribution in [0.2, 0.25) is 0 Å². The number of carbonyl (C=O) groups is 1. The largest absolute Gasteiger partial charge is 0.478 e. The second kappa shape index (κ2) is 9.78. The van der Waals surface area contributed by atoms with Crippen LogP contribution >= 0.6 is 0 Å². The number of carboxylic acid groups (broad SMARTS) is 1. The van der Waals surface area contributed by atoms with Crippen molar-refractivity contribution in [1.82, 2.24) is 0 Å². The lowest BCUT2D eigenvalue weighted by atomic mass is 10.1. The van der Waals surface area contributed by atoms with Gasteiger partial charge in [-0.15, -0.1) is 0 Å². The summed E-state index contributed by atoms with van der Waals surface area (Å²) >= 11 is 0. The van der Waals surface area contributed by atoms with Gasteiger partial charge in [-0.2, -0.15) is 0 Å². The Morgan fingerprint density at radius 1 is 1.14 bits per heavy atom. The molecule has 1 aromatic rings. The first-order chi connectivity index (χ1) is 6.70. The van der Waals surface area contributed by atoms with Gasteiger partial charge in [0.05, 0.1) is 5.56 Å². The molecule has 0 saturated heterocycles. The topological polar surface area (TPSA) is 37.3 Å². The van der Waals surface area contributed by atoms with Gasteiger partial charge in [-0.25, -0.2) is 4.79 Å². The Morgan fingerprint density at radius 3 is 1.93 bits per heavy atom. The van der Waals surface area contributed by atoms with E-state index >= 15 is 0 Å². The van der Waals surface area contributed by atoms with Crippen molar-refractivity contribution in [3.63, 3.8) is 0 Å². The maximum atomic E-state index is 10.4. The van der Waals surface area contributed by atoms with Crippen LogP contribution in [0.25, 0.3) is 0 Å². The van der Waals surface area contributed by atoms with Crippen molar-refractivity contribution in [3.8, 4) is 0 Å². The molecule has 0 saturated carbocycles. The summed E-state index contributed by atoms with van der Waals surface area (Å²) in [5, 5.41) is 8.51. The third-order valence-corrected chi connectivity index (χ3v) is 1.27. The van der Waals surface area contributed by atoms with Crippen LogP contribution in [0, 0.1) is 6.92 Å². The van der Waals surface area contributed by atoms with E-state index in [1.165, 1.54) is 0 Å². The Labute approximate surface area is 86.6 Å². The standard InChI is InChI=1S/C8H8O2.2C2H6/c1-6-3-2-4-7(5-6)8(9)10;2*1-2/h2-5H,1H3,(H,9,10);2*1-2H3. The fraction of sp³-hybridized carbons (Fsp3) is 0.417. The highest BCUT2D eigenvalue weighted by molar-refractivity contribution is 5.87. The van der Waals surface area contributed by atoms with E-state index in [2.05, 4.69) is 0 Å². The van der Waals surface area contributed by atoms with Crippen molar-refractivity contribution in [2.24, 2.45) is 0 Å². The molecule has 2 nitrogen and oxygen atoms in total. The van der Waals surface area contributed by atoms with Gasteiger partial charge in [-0.1, -0.05) is 45.4 Å². The molecule has 14 heavy (non-hydrogen) atoms. The van der Waals surface area contributed by atoms with Crippen LogP contribution in [0.5, 0.6) is 0 Å². The van der Waals surface area contributed by atoms with Gasteiger partial charge in [-0.05, 0) is 19.1 Å². The van der Waals surface area contributed by atoms with Crippen molar-refractivity contribution in [2.75, 3.05) is 0 Å². The summed E-state index contributed by atoms with van der Waals surface area (Å²) in [6, 6.07) is 6.82. The van der Waals surface area contributed by atoms with Gasteiger partial charge in [-0.3, -0.25) is 0 Å². The number of carboxylic acids is 1. The van der Waals surface area contributed by atoms with E-state index in [9.17, 15) is 4.79 Å². The van der Waals surface area contributed by atoms with Crippen LogP contribution in [0.4, 0.5) is 0 Å². The highest BCUT2D eigenvalue weighted by Crippen LogP contribution is 2.02. The average Bonchev–Trinajstić information content (AvgIpc) is 2.24. The maximum Gasteiger partial charge on any atom is 0.335 e. The minimum Gasteiger partial charge on any atom is -0.478 e. The molecule has 0 amide bonds. The number of aromatic carboxylic acids is 1. The predicted molar refractivity (Wildman–Crippen MR) is 60.8 cm³/mol. The van der Waals surface area contributed by atoms with Gasteiger partial charge in [0.25, 0.3) is 0 Å². The molecule has 1 rings (SSSR count). The van der Waals surface area contributed by atoms with E-state index in [0.29, 0.717) is 5.56 Å². The average molecular weight is 196 g/mol. The first-order valence-corrected chi connectivity index (χ1v) is 5.00. The third-order valence-electron chi connectivity index (χ3n) is 1.27. The summed E-state index contributed by atoms with van der Waals surface area (Å²) in [7, 11) is 0. The van der Waals surface area contributed by atoms with Gasteiger partial charge in [0.2, 0.25) is 0 Å². The SMILES string of the molecule is CC.CC.Cc1cccc(C(=O)O)c1. The van der Waals surface area contributed by atoms with E-state index in [4.69, 9.17) is 5.11 Å². The highest BCUT2D eigenvalue weighted by Gasteiger charge is 1.99. The molecule has 0 aliphatic heterocycles. The maximum absolute atomic E-state index is 10.4. The first kappa shape index (κ1) is 15.2. The van der Waals surface area contributed by atoms with Gasteiger partial charge in [0, 0.05) is 0 Å². The van der Waals surface area contributed by atoms with Crippen LogP contribution in [-0.4, -0.2) is 11.1 Å². The molecule has 2 heteroatoms. The summed E-state index contributed by atoms with van der Waals surface area (Å²) in [6.45, 7) is 9.87. The Kier molecular flexibility index (Phi) is 10.6. The zero-order valence-electron chi connectivity index (χ0n) is 9.66. The summed E-state index contributed by atoms with van der Waals surface area (Å²) in [4.78, 5) is 10.4. The van der Waals surface area contributed by atoms with Gasteiger partial charge >= 0.3 is 5.97 Å². The molecule has 0 unspecified atom stereocenters. The minimum atomic E-state index is -0.872. The molecule has 80 valence electrons. The molecular formula is C12H20O2. The number of hydrogen-bond donors (Lipinski definition) is 1. The zero-order chi connectivity index (χ0) is 11.6. The molecule has 0 heterocycles. The van der Waals surface area contributed by atoms with Crippen LogP contribution in [0.1, 0.15) is 43.6 Å². The molecule has 1 N–H and O–H groups in total. The van der Waals surface area contributed by atoms with Gasteiger partial charge in [0.15, 0.2) is 0 Å². The van der Waals surface area contributed by atoms with Crippen LogP contribution < -0.4 is 0 Å². The Balaban J connectivity index is 0. The monoisotopic (exact) mass is 196 g/mol. The molecular weight excluding hydrogens is 176 g/mol. The van der Waals surface area contributed by atoms with Crippen molar-refractivity contribution in [3.05, 3.63) is 35.4 Å². The number of aryl methyl sites for hydroxylation is 1. The second-order valence-electron chi connectivity index (χ2n) is 2.17. The van der Waals surface area contributed by atoms with E-state index in [0.717, 1.165) is 5.56 Å². The van der Waals surface area contributed by atoms with E-state index in [-0.39, 0.29) is 0 Å². The predicted octanol–water partition coefficient (Wildman–Crippen LogP) is 3.75. The lowest BCUT2D eigenvalue weighted by Gasteiger charge is -1.93. The van der Waals surface area contributed by atoms with Crippen LogP contribution in [0.15, 0.2) is 24.3 Å². The summed E-state index contributed by atoms with van der Waals surface area (Å²) < 4.78 is 0. The number of benzene rings is 1. The number of rotatable bonds is 1. The van der Waals surface area contributed by atoms with Crippen LogP contribution in [-0.2, 0) is 0 Å². The second-order valence-corrected chi connectivity index (χ2v) is 2.17. The molecule has 0 atom stereocenters. The summed E-state index contributed by atoms with van der Waals surface area (Å²) in [5.41, 5.74) is 1.32. The molecule has 0 fully saturated rings. The normalized spacial score (nSPS) is 7.50. The molecule has 0 bridgehead atoms. The smallest absolute Gasteiger partial charge is 0.335 e. The summed E-state index contributed by atoms with van der Waals surface area (Å²) in [6.07, 6.45) is 0. The minimum absolute atomic E-state index is 0.347.